The van der Waals surface area contributed by atoms with E-state index in [2.05, 4.69) is 25.8 Å². The van der Waals surface area contributed by atoms with Gasteiger partial charge in [-0.25, -0.2) is 19.2 Å². The van der Waals surface area contributed by atoms with Crippen LogP contribution in [0.5, 0.6) is 0 Å². The maximum absolute atomic E-state index is 15.0. The Morgan fingerprint density at radius 1 is 1.07 bits per heavy atom. The first-order valence-electron chi connectivity index (χ1n) is 18.8. The zero-order chi connectivity index (χ0) is 41.3. The van der Waals surface area contributed by atoms with Crippen molar-refractivity contribution in [2.75, 3.05) is 63.2 Å². The number of nitrogens with one attached hydrogen (secondary N) is 4. The van der Waals surface area contributed by atoms with E-state index in [1.807, 2.05) is 39.8 Å². The quantitative estimate of drug-likeness (QED) is 0.0866. The molecule has 2 aromatic carbocycles. The van der Waals surface area contributed by atoms with Gasteiger partial charge < -0.3 is 45.3 Å². The Morgan fingerprint density at radius 2 is 1.81 bits per heavy atom. The molecule has 17 heteroatoms. The summed E-state index contributed by atoms with van der Waals surface area (Å²) in [6, 6.07) is 10.1. The number of imidazole rings is 1. The predicted molar refractivity (Wildman–Crippen MR) is 216 cm³/mol. The normalized spacial score (nSPS) is 13.4. The molecule has 1 saturated heterocycles. The zero-order valence-corrected chi connectivity index (χ0v) is 33.6. The van der Waals surface area contributed by atoms with Crippen molar-refractivity contribution < 1.29 is 38.1 Å². The van der Waals surface area contributed by atoms with Gasteiger partial charge in [-0.15, -0.1) is 0 Å². The van der Waals surface area contributed by atoms with Crippen LogP contribution in [-0.2, 0) is 23.9 Å². The minimum absolute atomic E-state index is 0.00159. The van der Waals surface area contributed by atoms with Crippen LogP contribution in [0.15, 0.2) is 42.6 Å². The molecule has 4 aromatic rings. The van der Waals surface area contributed by atoms with E-state index < -0.39 is 17.7 Å². The van der Waals surface area contributed by atoms with E-state index in [0.29, 0.717) is 70.3 Å². The highest BCUT2D eigenvalue weighted by Gasteiger charge is 2.30. The number of H-pyrrole nitrogens is 1. The Kier molecular flexibility index (Phi) is 14.3. The third-order valence-corrected chi connectivity index (χ3v) is 9.32. The van der Waals surface area contributed by atoms with Crippen molar-refractivity contribution in [1.29, 1.82) is 0 Å². The van der Waals surface area contributed by atoms with E-state index in [4.69, 9.17) is 36.1 Å². The van der Waals surface area contributed by atoms with Crippen molar-refractivity contribution in [2.24, 2.45) is 0 Å². The lowest BCUT2D eigenvalue weighted by atomic mass is 9.96. The summed E-state index contributed by atoms with van der Waals surface area (Å²) in [6.45, 7) is 8.69. The van der Waals surface area contributed by atoms with Gasteiger partial charge in [-0.2, -0.15) is 0 Å². The molecule has 0 atom stereocenters. The monoisotopic (exact) mass is 808 g/mol. The minimum atomic E-state index is -0.987. The van der Waals surface area contributed by atoms with Gasteiger partial charge in [0, 0.05) is 56.1 Å². The number of hydrogen-bond acceptors (Lipinski definition) is 10. The molecule has 3 amide bonds. The molecule has 0 radical (unpaired) electrons. The first-order chi connectivity index (χ1) is 27.1. The molecule has 1 fully saturated rings. The summed E-state index contributed by atoms with van der Waals surface area (Å²) in [5.74, 6) is -1.10. The molecule has 1 aliphatic heterocycles. The van der Waals surface area contributed by atoms with Crippen LogP contribution in [0.25, 0.3) is 33.5 Å². The van der Waals surface area contributed by atoms with Gasteiger partial charge in [0.05, 0.1) is 54.9 Å². The van der Waals surface area contributed by atoms with Crippen LogP contribution < -0.4 is 20.9 Å². The van der Waals surface area contributed by atoms with Gasteiger partial charge in [0.2, 0.25) is 11.8 Å². The standard InChI is InChI=1S/C40H50ClFN8O7/c1-24-18-25(20-27(42)19-24)29-22-45-37(44-13-12-43-32(51)23-49(5)33(52)10-16-56-17-11-34(53)54)35(38-47-30-7-6-26(41)21-31(30)48-38)36(29)50-14-8-28(9-15-50)46-39(55)57-40(2,3)4/h6-7,18-22,28H,8-17,23H2,1-5H3,(H,43,51)(H,44,45)(H,46,55)(H,47,48)(H,53,54). The Labute approximate surface area is 335 Å². The van der Waals surface area contributed by atoms with Crippen molar-refractivity contribution in [3.63, 3.8) is 0 Å². The lowest BCUT2D eigenvalue weighted by Crippen LogP contribution is -2.46. The number of carbonyl (C=O) groups is 4. The molecule has 0 spiro atoms. The molecule has 3 heterocycles. The largest absolute Gasteiger partial charge is 0.481 e. The highest BCUT2D eigenvalue weighted by molar-refractivity contribution is 6.31. The number of hydrogen-bond donors (Lipinski definition) is 5. The van der Waals surface area contributed by atoms with Gasteiger partial charge in [-0.1, -0.05) is 17.7 Å². The summed E-state index contributed by atoms with van der Waals surface area (Å²) in [6.07, 6.45) is 2.31. The van der Waals surface area contributed by atoms with Gasteiger partial charge in [0.25, 0.3) is 0 Å². The minimum Gasteiger partial charge on any atom is -0.481 e. The molecule has 2 aromatic heterocycles. The number of alkyl carbamates (subject to hydrolysis) is 1. The van der Waals surface area contributed by atoms with Crippen LogP contribution >= 0.6 is 11.6 Å². The molecule has 0 saturated carbocycles. The number of halogens is 2. The summed E-state index contributed by atoms with van der Waals surface area (Å²) in [5.41, 5.74) is 4.20. The fraction of sp³-hybridized carbons (Fsp3) is 0.450. The van der Waals surface area contributed by atoms with Crippen LogP contribution in [0.1, 0.15) is 52.0 Å². The Bertz CT molecular complexity index is 2060. The summed E-state index contributed by atoms with van der Waals surface area (Å²) in [4.78, 5) is 65.1. The topological polar surface area (TPSA) is 191 Å². The number of nitrogens with zero attached hydrogens (tertiary/aromatic N) is 4. The average Bonchev–Trinajstić information content (AvgIpc) is 3.54. The number of amides is 3. The maximum atomic E-state index is 15.0. The summed E-state index contributed by atoms with van der Waals surface area (Å²) in [7, 11) is 1.51. The van der Waals surface area contributed by atoms with E-state index in [1.165, 1.54) is 24.1 Å². The second kappa shape index (κ2) is 19.1. The number of pyridine rings is 1. The summed E-state index contributed by atoms with van der Waals surface area (Å²) in [5, 5.41) is 18.4. The number of ether oxygens (including phenoxy) is 2. The molecule has 0 aliphatic carbocycles. The number of aromatic amines is 1. The SMILES string of the molecule is Cc1cc(F)cc(-c2cnc(NCCNC(=O)CN(C)C(=O)CCOCCC(=O)O)c(-c3nc4ccc(Cl)cc4[nH]3)c2N2CCC(NC(=O)OC(C)(C)C)CC2)c1. The third kappa shape index (κ3) is 12.3. The van der Waals surface area contributed by atoms with E-state index in [1.54, 1.807) is 18.3 Å². The Hall–Kier alpha value is -5.48. The second-order valence-corrected chi connectivity index (χ2v) is 15.4. The van der Waals surface area contributed by atoms with E-state index >= 15 is 0 Å². The number of piperidine rings is 1. The molecular formula is C40H50ClFN8O7. The summed E-state index contributed by atoms with van der Waals surface area (Å²) < 4.78 is 25.6. The number of fused-ring (bicyclic) bond motifs is 1. The van der Waals surface area contributed by atoms with E-state index in [-0.39, 0.29) is 69.4 Å². The molecule has 306 valence electrons. The summed E-state index contributed by atoms with van der Waals surface area (Å²) >= 11 is 6.35. The number of carboxylic acid groups (broad SMARTS) is 1. The maximum Gasteiger partial charge on any atom is 0.407 e. The number of aryl methyl sites for hydroxylation is 1. The number of likely N-dealkylation sites (N-methyl/N-ethyl adjacent to an activating group) is 1. The number of rotatable bonds is 16. The van der Waals surface area contributed by atoms with Gasteiger partial charge in [0.1, 0.15) is 23.1 Å². The number of anilines is 2. The number of carboxylic acids is 1. The first kappa shape index (κ1) is 42.7. The Balaban J connectivity index is 1.39. The number of carbonyl (C=O) groups excluding carboxylic acids is 3. The van der Waals surface area contributed by atoms with E-state index in [9.17, 15) is 23.6 Å². The number of aliphatic carboxylic acids is 1. The van der Waals surface area contributed by atoms with Crippen LogP contribution in [0.2, 0.25) is 5.02 Å². The number of aromatic nitrogens is 3. The van der Waals surface area contributed by atoms with Crippen molar-refractivity contribution in [3.05, 3.63) is 59.0 Å². The molecular weight excluding hydrogens is 759 g/mol. The molecule has 1 aliphatic rings. The molecule has 57 heavy (non-hydrogen) atoms. The van der Waals surface area contributed by atoms with Gasteiger partial charge in [-0.05, 0) is 82.0 Å². The van der Waals surface area contributed by atoms with Crippen molar-refractivity contribution in [1.82, 2.24) is 30.5 Å². The van der Waals surface area contributed by atoms with Crippen LogP contribution in [0.4, 0.5) is 20.7 Å². The van der Waals surface area contributed by atoms with Crippen LogP contribution in [-0.4, -0.2) is 113 Å². The van der Waals surface area contributed by atoms with Crippen molar-refractivity contribution in [2.45, 2.75) is 65.0 Å². The van der Waals surface area contributed by atoms with Crippen molar-refractivity contribution in [3.8, 4) is 22.5 Å². The van der Waals surface area contributed by atoms with Gasteiger partial charge >= 0.3 is 12.1 Å². The lowest BCUT2D eigenvalue weighted by Gasteiger charge is -2.36. The molecule has 5 N–H and O–H groups in total. The fourth-order valence-corrected chi connectivity index (χ4v) is 6.64. The molecule has 15 nitrogen and oxygen atoms in total. The lowest BCUT2D eigenvalue weighted by molar-refractivity contribution is -0.138. The highest BCUT2D eigenvalue weighted by atomic mass is 35.5. The highest BCUT2D eigenvalue weighted by Crippen LogP contribution is 2.44. The van der Waals surface area contributed by atoms with Gasteiger partial charge in [0.15, 0.2) is 0 Å². The third-order valence-electron chi connectivity index (χ3n) is 9.08. The van der Waals surface area contributed by atoms with E-state index in [0.717, 1.165) is 11.3 Å². The number of benzene rings is 2. The van der Waals surface area contributed by atoms with Gasteiger partial charge in [-0.3, -0.25) is 14.4 Å². The molecule has 5 rings (SSSR count). The molecule has 0 unspecified atom stereocenters. The fourth-order valence-electron chi connectivity index (χ4n) is 6.47. The smallest absolute Gasteiger partial charge is 0.407 e. The second-order valence-electron chi connectivity index (χ2n) is 14.9. The average molecular weight is 809 g/mol. The predicted octanol–water partition coefficient (Wildman–Crippen LogP) is 5.75. The molecule has 0 bridgehead atoms. The Morgan fingerprint density at radius 3 is 2.51 bits per heavy atom. The van der Waals surface area contributed by atoms with Crippen LogP contribution in [0, 0.1) is 12.7 Å². The van der Waals surface area contributed by atoms with Crippen LogP contribution in [0.3, 0.4) is 0 Å². The zero-order valence-electron chi connectivity index (χ0n) is 32.8. The van der Waals surface area contributed by atoms with Crippen molar-refractivity contribution >= 4 is 58.0 Å². The first-order valence-corrected chi connectivity index (χ1v) is 19.2.